The lowest BCUT2D eigenvalue weighted by Gasteiger charge is -2.36. The van der Waals surface area contributed by atoms with Crippen LogP contribution < -0.4 is 4.90 Å². The van der Waals surface area contributed by atoms with Crippen LogP contribution in [-0.4, -0.2) is 51.5 Å². The van der Waals surface area contributed by atoms with Crippen LogP contribution in [0.1, 0.15) is 27.7 Å². The number of thiophene rings is 1. The maximum absolute atomic E-state index is 14.7. The number of sulfonamides is 1. The predicted molar refractivity (Wildman–Crippen MR) is 125 cm³/mol. The fourth-order valence-corrected chi connectivity index (χ4v) is 7.23. The van der Waals surface area contributed by atoms with Gasteiger partial charge in [0.25, 0.3) is 0 Å². The molecule has 170 valence electrons. The molecule has 2 aromatic carbocycles. The lowest BCUT2D eigenvalue weighted by molar-refractivity contribution is 0.0528. The van der Waals surface area contributed by atoms with Crippen LogP contribution in [0.15, 0.2) is 41.3 Å². The van der Waals surface area contributed by atoms with Crippen LogP contribution in [0, 0.1) is 19.7 Å². The monoisotopic (exact) mass is 476 g/mol. The van der Waals surface area contributed by atoms with E-state index in [2.05, 4.69) is 11.8 Å². The van der Waals surface area contributed by atoms with Crippen molar-refractivity contribution in [2.75, 3.05) is 37.7 Å². The van der Waals surface area contributed by atoms with E-state index in [1.165, 1.54) is 27.6 Å². The van der Waals surface area contributed by atoms with Gasteiger partial charge in [-0.05, 0) is 50.1 Å². The van der Waals surface area contributed by atoms with Gasteiger partial charge in [-0.1, -0.05) is 18.2 Å². The lowest BCUT2D eigenvalue weighted by atomic mass is 10.1. The van der Waals surface area contributed by atoms with Crippen molar-refractivity contribution >= 4 is 43.1 Å². The summed E-state index contributed by atoms with van der Waals surface area (Å²) in [6, 6.07) is 10.4. The second kappa shape index (κ2) is 8.80. The minimum absolute atomic E-state index is 0.0440. The number of benzene rings is 2. The van der Waals surface area contributed by atoms with Gasteiger partial charge in [-0.3, -0.25) is 0 Å². The van der Waals surface area contributed by atoms with Gasteiger partial charge in [-0.25, -0.2) is 17.6 Å². The number of nitrogens with zero attached hydrogens (tertiary/aromatic N) is 2. The number of rotatable bonds is 5. The summed E-state index contributed by atoms with van der Waals surface area (Å²) in [5.41, 5.74) is 3.43. The quantitative estimate of drug-likeness (QED) is 0.513. The van der Waals surface area contributed by atoms with Gasteiger partial charge in [0.2, 0.25) is 10.0 Å². The first-order valence-corrected chi connectivity index (χ1v) is 12.7. The zero-order valence-corrected chi connectivity index (χ0v) is 19.9. The van der Waals surface area contributed by atoms with Crippen molar-refractivity contribution in [3.8, 4) is 0 Å². The summed E-state index contributed by atoms with van der Waals surface area (Å²) in [7, 11) is -4.11. The second-order valence-electron chi connectivity index (χ2n) is 7.70. The fourth-order valence-electron chi connectivity index (χ4n) is 4.03. The van der Waals surface area contributed by atoms with E-state index < -0.39 is 21.8 Å². The molecular formula is C23H25FN2O4S2. The van der Waals surface area contributed by atoms with Crippen molar-refractivity contribution in [1.82, 2.24) is 4.31 Å². The highest BCUT2D eigenvalue weighted by Gasteiger charge is 2.36. The Bertz CT molecular complexity index is 1280. The first-order chi connectivity index (χ1) is 15.3. The van der Waals surface area contributed by atoms with Gasteiger partial charge in [0.1, 0.15) is 15.6 Å². The Morgan fingerprint density at radius 2 is 1.78 bits per heavy atom. The Hall–Kier alpha value is -2.49. The molecule has 1 aliphatic rings. The van der Waals surface area contributed by atoms with E-state index in [0.717, 1.165) is 17.0 Å². The van der Waals surface area contributed by atoms with Crippen molar-refractivity contribution in [1.29, 1.82) is 0 Å². The second-order valence-corrected chi connectivity index (χ2v) is 10.6. The van der Waals surface area contributed by atoms with E-state index in [4.69, 9.17) is 4.74 Å². The molecule has 32 heavy (non-hydrogen) atoms. The van der Waals surface area contributed by atoms with Crippen molar-refractivity contribution in [3.63, 3.8) is 0 Å². The Balaban J connectivity index is 1.69. The molecule has 0 radical (unpaired) electrons. The van der Waals surface area contributed by atoms with Gasteiger partial charge in [0.15, 0.2) is 0 Å². The van der Waals surface area contributed by atoms with Crippen LogP contribution in [0.2, 0.25) is 0 Å². The number of piperazine rings is 1. The van der Waals surface area contributed by atoms with Crippen LogP contribution in [0.3, 0.4) is 0 Å². The molecular weight excluding hydrogens is 451 g/mol. The molecule has 1 fully saturated rings. The van der Waals surface area contributed by atoms with Crippen LogP contribution in [0.25, 0.3) is 10.1 Å². The number of halogens is 1. The topological polar surface area (TPSA) is 66.9 Å². The number of hydrogen-bond donors (Lipinski definition) is 0. The predicted octanol–water partition coefficient (Wildman–Crippen LogP) is 4.34. The molecule has 0 saturated carbocycles. The third-order valence-corrected chi connectivity index (χ3v) is 9.07. The zero-order valence-electron chi connectivity index (χ0n) is 18.2. The summed E-state index contributed by atoms with van der Waals surface area (Å²) >= 11 is 0.947. The standard InChI is InChI=1S/C23H25FN2O4S2/c1-4-30-23(27)21-22(20-17(24)8-6-10-19(20)31-21)32(28,29)26-13-11-25(12-14-26)18-9-5-7-15(2)16(18)3/h5-10H,4,11-14H2,1-3H3. The molecule has 1 aromatic heterocycles. The number of aryl methyl sites for hydroxylation is 1. The third kappa shape index (κ3) is 3.89. The van der Waals surface area contributed by atoms with E-state index in [0.29, 0.717) is 17.8 Å². The molecule has 6 nitrogen and oxygen atoms in total. The van der Waals surface area contributed by atoms with Gasteiger partial charge in [-0.2, -0.15) is 4.31 Å². The van der Waals surface area contributed by atoms with E-state index in [-0.39, 0.29) is 34.9 Å². The number of carbonyl (C=O) groups is 1. The molecule has 1 aliphatic heterocycles. The molecule has 0 spiro atoms. The molecule has 0 unspecified atom stereocenters. The third-order valence-electron chi connectivity index (χ3n) is 5.83. The summed E-state index contributed by atoms with van der Waals surface area (Å²) in [5.74, 6) is -1.41. The maximum Gasteiger partial charge on any atom is 0.349 e. The van der Waals surface area contributed by atoms with E-state index in [1.807, 2.05) is 25.1 Å². The molecule has 0 atom stereocenters. The number of carbonyl (C=O) groups excluding carboxylic acids is 1. The molecule has 4 rings (SSSR count). The summed E-state index contributed by atoms with van der Waals surface area (Å²) in [6.45, 7) is 7.33. The van der Waals surface area contributed by atoms with Crippen LogP contribution in [0.5, 0.6) is 0 Å². The molecule has 3 aromatic rings. The Morgan fingerprint density at radius 3 is 2.47 bits per heavy atom. The van der Waals surface area contributed by atoms with E-state index in [1.54, 1.807) is 13.0 Å². The number of hydrogen-bond acceptors (Lipinski definition) is 6. The van der Waals surface area contributed by atoms with Crippen molar-refractivity contribution in [2.24, 2.45) is 0 Å². The Kier molecular flexibility index (Phi) is 6.24. The summed E-state index contributed by atoms with van der Waals surface area (Å²) in [4.78, 5) is 14.4. The molecule has 1 saturated heterocycles. The van der Waals surface area contributed by atoms with E-state index in [9.17, 15) is 17.6 Å². The average molecular weight is 477 g/mol. The molecule has 0 bridgehead atoms. The molecule has 0 N–H and O–H groups in total. The van der Waals surface area contributed by atoms with Crippen LogP contribution >= 0.6 is 11.3 Å². The summed E-state index contributed by atoms with van der Waals surface area (Å²) in [6.07, 6.45) is 0. The zero-order chi connectivity index (χ0) is 23.0. The first-order valence-electron chi connectivity index (χ1n) is 10.4. The molecule has 9 heteroatoms. The lowest BCUT2D eigenvalue weighted by Crippen LogP contribution is -2.49. The molecule has 2 heterocycles. The van der Waals surface area contributed by atoms with Gasteiger partial charge < -0.3 is 9.64 Å². The van der Waals surface area contributed by atoms with Crippen molar-refractivity contribution < 1.29 is 22.3 Å². The van der Waals surface area contributed by atoms with Gasteiger partial charge in [0.05, 0.1) is 6.61 Å². The number of ether oxygens (including phenoxy) is 1. The fraction of sp³-hybridized carbons (Fsp3) is 0.348. The molecule has 0 aliphatic carbocycles. The largest absolute Gasteiger partial charge is 0.462 e. The number of esters is 1. The smallest absolute Gasteiger partial charge is 0.349 e. The van der Waals surface area contributed by atoms with Gasteiger partial charge in [0, 0.05) is 42.0 Å². The number of anilines is 1. The van der Waals surface area contributed by atoms with E-state index >= 15 is 0 Å². The Labute approximate surface area is 191 Å². The van der Waals surface area contributed by atoms with Gasteiger partial charge in [-0.15, -0.1) is 11.3 Å². The van der Waals surface area contributed by atoms with Crippen molar-refractivity contribution in [3.05, 3.63) is 58.2 Å². The average Bonchev–Trinajstić information content (AvgIpc) is 3.18. The normalized spacial score (nSPS) is 15.3. The number of fused-ring (bicyclic) bond motifs is 1. The first kappa shape index (κ1) is 22.7. The maximum atomic E-state index is 14.7. The van der Waals surface area contributed by atoms with Gasteiger partial charge >= 0.3 is 5.97 Å². The SMILES string of the molecule is CCOC(=O)c1sc2cccc(F)c2c1S(=O)(=O)N1CCN(c2cccc(C)c2C)CC1. The highest BCUT2D eigenvalue weighted by Crippen LogP contribution is 2.39. The minimum atomic E-state index is -4.11. The summed E-state index contributed by atoms with van der Waals surface area (Å²) < 4.78 is 48.9. The highest BCUT2D eigenvalue weighted by molar-refractivity contribution is 7.89. The van der Waals surface area contributed by atoms with Crippen molar-refractivity contribution in [2.45, 2.75) is 25.7 Å². The minimum Gasteiger partial charge on any atom is -0.462 e. The molecule has 0 amide bonds. The summed E-state index contributed by atoms with van der Waals surface area (Å²) in [5, 5.41) is -0.0440. The highest BCUT2D eigenvalue weighted by atomic mass is 32.2. The van der Waals surface area contributed by atoms with Crippen LogP contribution in [0.4, 0.5) is 10.1 Å². The van der Waals surface area contributed by atoms with Crippen LogP contribution in [-0.2, 0) is 14.8 Å². The Morgan fingerprint density at radius 1 is 1.09 bits per heavy atom.